The molecule has 0 radical (unpaired) electrons. The van der Waals surface area contributed by atoms with Crippen molar-refractivity contribution in [3.05, 3.63) is 93.0 Å². The first-order chi connectivity index (χ1) is 20.2. The molecule has 0 aliphatic rings. The van der Waals surface area contributed by atoms with Crippen molar-refractivity contribution < 1.29 is 22.3 Å². The van der Waals surface area contributed by atoms with E-state index >= 15 is 4.39 Å². The van der Waals surface area contributed by atoms with Crippen LogP contribution in [0.5, 0.6) is 11.5 Å². The predicted molar refractivity (Wildman–Crippen MR) is 157 cm³/mol. The molecule has 5 rings (SSSR count). The first kappa shape index (κ1) is 29.2. The van der Waals surface area contributed by atoms with Gasteiger partial charge in [-0.1, -0.05) is 20.8 Å². The second-order valence-electron chi connectivity index (χ2n) is 10.6. The Hall–Kier alpha value is -5.31. The van der Waals surface area contributed by atoms with E-state index in [4.69, 9.17) is 4.74 Å². The Balaban J connectivity index is 1.36. The zero-order chi connectivity index (χ0) is 31.1. The summed E-state index contributed by atoms with van der Waals surface area (Å²) in [6, 6.07) is 12.1. The number of hydrogen-bond donors (Lipinski definition) is 4. The van der Waals surface area contributed by atoms with Crippen LogP contribution in [0.1, 0.15) is 26.5 Å². The molecule has 0 atom stereocenters. The first-order valence-corrected chi connectivity index (χ1v) is 14.7. The molecular weight excluding hydrogens is 581 g/mol. The molecule has 3 aromatic heterocycles. The third-order valence-corrected chi connectivity index (χ3v) is 7.36. The number of hydrogen-bond acceptors (Lipinski definition) is 8. The SMILES string of the molecule is CC(C)(C)c1cc(NC(=O)Nc2ccc(Oc3ccnc4[nH]c(=O)c(=O)[nH]c34)cc2F)n(-c2ccc(S(C)(=O)=O)cc2)n1. The van der Waals surface area contributed by atoms with Crippen molar-refractivity contribution in [2.75, 3.05) is 16.9 Å². The number of amides is 2. The van der Waals surface area contributed by atoms with Crippen molar-refractivity contribution in [1.82, 2.24) is 24.7 Å². The average Bonchev–Trinajstić information content (AvgIpc) is 3.35. The Kier molecular flexibility index (Phi) is 7.35. The standard InChI is InChI=1S/C28H26FN7O6S/c1-28(2,3)21-14-22(36(35-21)15-5-8-17(9-6-15)43(4,40)41)32-27(39)31-19-10-7-16(13-18(19)29)42-20-11-12-30-24-23(20)33-25(37)26(38)34-24/h5-14H,1-4H3,(H,33,37)(H,30,34,38)(H2,31,32,39). The van der Waals surface area contributed by atoms with Crippen molar-refractivity contribution in [1.29, 1.82) is 0 Å². The van der Waals surface area contributed by atoms with Crippen LogP contribution in [0, 0.1) is 5.82 Å². The normalized spacial score (nSPS) is 11.8. The van der Waals surface area contributed by atoms with Crippen LogP contribution in [-0.4, -0.2) is 45.4 Å². The first-order valence-electron chi connectivity index (χ1n) is 12.8. The summed E-state index contributed by atoms with van der Waals surface area (Å²) >= 11 is 0. The van der Waals surface area contributed by atoms with Gasteiger partial charge in [0.2, 0.25) is 0 Å². The molecule has 222 valence electrons. The van der Waals surface area contributed by atoms with Gasteiger partial charge in [0.1, 0.15) is 22.9 Å². The molecule has 5 aromatic rings. The van der Waals surface area contributed by atoms with Gasteiger partial charge in [0.05, 0.1) is 22.0 Å². The second-order valence-corrected chi connectivity index (χ2v) is 12.6. The molecule has 0 bridgehead atoms. The average molecular weight is 608 g/mol. The largest absolute Gasteiger partial charge is 0.455 e. The smallest absolute Gasteiger partial charge is 0.324 e. The molecule has 0 saturated carbocycles. The number of aromatic nitrogens is 5. The third-order valence-electron chi connectivity index (χ3n) is 6.23. The Morgan fingerprint density at radius 2 is 1.67 bits per heavy atom. The van der Waals surface area contributed by atoms with Crippen molar-refractivity contribution in [3.8, 4) is 17.2 Å². The number of carbonyl (C=O) groups is 1. The lowest BCUT2D eigenvalue weighted by Gasteiger charge is -2.14. The monoisotopic (exact) mass is 607 g/mol. The van der Waals surface area contributed by atoms with E-state index in [0.29, 0.717) is 11.4 Å². The van der Waals surface area contributed by atoms with E-state index in [1.54, 1.807) is 18.2 Å². The lowest BCUT2D eigenvalue weighted by atomic mass is 9.92. The van der Waals surface area contributed by atoms with Crippen molar-refractivity contribution in [3.63, 3.8) is 0 Å². The highest BCUT2D eigenvalue weighted by atomic mass is 32.2. The van der Waals surface area contributed by atoms with Crippen molar-refractivity contribution in [2.24, 2.45) is 0 Å². The number of nitrogens with zero attached hydrogens (tertiary/aromatic N) is 3. The van der Waals surface area contributed by atoms with E-state index in [2.05, 4.69) is 30.7 Å². The summed E-state index contributed by atoms with van der Waals surface area (Å²) < 4.78 is 45.9. The van der Waals surface area contributed by atoms with E-state index in [9.17, 15) is 22.8 Å². The lowest BCUT2D eigenvalue weighted by Crippen LogP contribution is -2.29. The number of benzene rings is 2. The summed E-state index contributed by atoms with van der Waals surface area (Å²) in [7, 11) is -3.41. The van der Waals surface area contributed by atoms with E-state index in [1.165, 1.54) is 41.2 Å². The number of rotatable bonds is 6. The molecule has 0 saturated heterocycles. The molecular formula is C28H26FN7O6S. The third kappa shape index (κ3) is 6.30. The number of anilines is 2. The fourth-order valence-corrected chi connectivity index (χ4v) is 4.64. The second kappa shape index (κ2) is 10.8. The number of H-pyrrole nitrogens is 2. The van der Waals surface area contributed by atoms with Gasteiger partial charge in [-0.3, -0.25) is 14.9 Å². The van der Waals surface area contributed by atoms with Gasteiger partial charge in [0.25, 0.3) is 0 Å². The maximum absolute atomic E-state index is 15.0. The predicted octanol–water partition coefficient (Wildman–Crippen LogP) is 4.07. The number of nitrogens with one attached hydrogen (secondary N) is 4. The van der Waals surface area contributed by atoms with Crippen LogP contribution < -0.4 is 26.5 Å². The lowest BCUT2D eigenvalue weighted by molar-refractivity contribution is 0.262. The number of urea groups is 1. The van der Waals surface area contributed by atoms with Crippen LogP contribution >= 0.6 is 0 Å². The summed E-state index contributed by atoms with van der Waals surface area (Å²) in [5, 5.41) is 9.71. The minimum absolute atomic E-state index is 0.0495. The Morgan fingerprint density at radius 3 is 2.33 bits per heavy atom. The number of sulfone groups is 1. The van der Waals surface area contributed by atoms with Crippen LogP contribution in [0.3, 0.4) is 0 Å². The Bertz CT molecular complexity index is 2100. The molecule has 0 fully saturated rings. The minimum Gasteiger partial charge on any atom is -0.455 e. The molecule has 0 aliphatic heterocycles. The van der Waals surface area contributed by atoms with Crippen LogP contribution in [0.15, 0.2) is 75.3 Å². The van der Waals surface area contributed by atoms with E-state index in [0.717, 1.165) is 12.3 Å². The molecule has 43 heavy (non-hydrogen) atoms. The summed E-state index contributed by atoms with van der Waals surface area (Å²) in [4.78, 5) is 45.1. The van der Waals surface area contributed by atoms with Gasteiger partial charge in [-0.2, -0.15) is 5.10 Å². The molecule has 2 aromatic carbocycles. The van der Waals surface area contributed by atoms with E-state index in [-0.39, 0.29) is 44.5 Å². The van der Waals surface area contributed by atoms with Gasteiger partial charge in [-0.15, -0.1) is 0 Å². The summed E-state index contributed by atoms with van der Waals surface area (Å²) in [5.74, 6) is -0.378. The molecule has 2 amide bonds. The van der Waals surface area contributed by atoms with Crippen molar-refractivity contribution >= 4 is 38.5 Å². The molecule has 15 heteroatoms. The summed E-state index contributed by atoms with van der Waals surface area (Å²) in [6.45, 7) is 5.84. The topological polar surface area (TPSA) is 181 Å². The molecule has 0 spiro atoms. The highest BCUT2D eigenvalue weighted by molar-refractivity contribution is 7.90. The van der Waals surface area contributed by atoms with Gasteiger partial charge < -0.3 is 20.0 Å². The van der Waals surface area contributed by atoms with Crippen LogP contribution in [-0.2, 0) is 15.3 Å². The number of carbonyl (C=O) groups excluding carboxylic acids is 1. The van der Waals surface area contributed by atoms with Gasteiger partial charge in [0.15, 0.2) is 21.2 Å². The summed E-state index contributed by atoms with van der Waals surface area (Å²) in [6.07, 6.45) is 2.45. The van der Waals surface area contributed by atoms with Gasteiger partial charge >= 0.3 is 17.1 Å². The summed E-state index contributed by atoms with van der Waals surface area (Å²) in [5.41, 5.74) is -0.958. The van der Waals surface area contributed by atoms with Crippen LogP contribution in [0.4, 0.5) is 20.7 Å². The molecule has 0 unspecified atom stereocenters. The zero-order valence-electron chi connectivity index (χ0n) is 23.4. The highest BCUT2D eigenvalue weighted by Crippen LogP contribution is 2.30. The highest BCUT2D eigenvalue weighted by Gasteiger charge is 2.22. The van der Waals surface area contributed by atoms with E-state index in [1.807, 2.05) is 20.8 Å². The fourth-order valence-electron chi connectivity index (χ4n) is 4.00. The number of halogens is 1. The van der Waals surface area contributed by atoms with Crippen LogP contribution in [0.25, 0.3) is 16.9 Å². The molecule has 3 heterocycles. The van der Waals surface area contributed by atoms with E-state index < -0.39 is 32.8 Å². The van der Waals surface area contributed by atoms with Gasteiger partial charge in [0, 0.05) is 36.1 Å². The van der Waals surface area contributed by atoms with Gasteiger partial charge in [-0.25, -0.2) is 27.3 Å². The zero-order valence-corrected chi connectivity index (χ0v) is 24.2. The minimum atomic E-state index is -3.41. The van der Waals surface area contributed by atoms with Crippen LogP contribution in [0.2, 0.25) is 0 Å². The van der Waals surface area contributed by atoms with Gasteiger partial charge in [-0.05, 0) is 36.4 Å². The molecule has 13 nitrogen and oxygen atoms in total. The Labute approximate surface area is 243 Å². The number of fused-ring (bicyclic) bond motifs is 1. The quantitative estimate of drug-likeness (QED) is 0.208. The number of ether oxygens (including phenoxy) is 1. The maximum atomic E-state index is 15.0. The Morgan fingerprint density at radius 1 is 0.977 bits per heavy atom. The van der Waals surface area contributed by atoms with Crippen molar-refractivity contribution in [2.45, 2.75) is 31.1 Å². The molecule has 4 N–H and O–H groups in total. The maximum Gasteiger partial charge on any atom is 0.324 e. The molecule has 0 aliphatic carbocycles. The number of pyridine rings is 1. The fraction of sp³-hybridized carbons (Fsp3) is 0.179. The number of aromatic amines is 2.